The fourth-order valence-corrected chi connectivity index (χ4v) is 3.40. The Labute approximate surface area is 135 Å². The van der Waals surface area contributed by atoms with Crippen molar-refractivity contribution >= 4 is 15.7 Å². The molecule has 0 spiro atoms. The van der Waals surface area contributed by atoms with E-state index in [2.05, 4.69) is 15.0 Å². The summed E-state index contributed by atoms with van der Waals surface area (Å²) in [6.07, 6.45) is 2.52. The first kappa shape index (κ1) is 16.1. The van der Waals surface area contributed by atoms with Crippen LogP contribution < -0.4 is 4.72 Å². The molecule has 0 radical (unpaired) electrons. The van der Waals surface area contributed by atoms with E-state index in [4.69, 9.17) is 4.52 Å². The normalized spacial score (nSPS) is 11.8. The smallest absolute Gasteiger partial charge is 0.262 e. The van der Waals surface area contributed by atoms with Gasteiger partial charge in [0.25, 0.3) is 16.4 Å². The summed E-state index contributed by atoms with van der Waals surface area (Å²) in [5.41, 5.74) is 1.01. The minimum atomic E-state index is -3.95. The van der Waals surface area contributed by atoms with E-state index in [0.29, 0.717) is 11.1 Å². The van der Waals surface area contributed by atoms with Gasteiger partial charge in [-0.25, -0.2) is 17.2 Å². The van der Waals surface area contributed by atoms with E-state index in [0.717, 1.165) is 4.68 Å². The first-order chi connectivity index (χ1) is 11.5. The van der Waals surface area contributed by atoms with E-state index < -0.39 is 23.0 Å². The molecule has 0 atom stereocenters. The first-order valence-electron chi connectivity index (χ1n) is 6.78. The third kappa shape index (κ3) is 3.43. The van der Waals surface area contributed by atoms with Crippen LogP contribution in [0.15, 0.2) is 58.5 Å². The second kappa shape index (κ2) is 6.40. The molecule has 0 fully saturated rings. The molecule has 2 aromatic heterocycles. The number of hydrogen-bond donors (Lipinski definition) is 1. The molecule has 0 saturated heterocycles. The van der Waals surface area contributed by atoms with Crippen molar-refractivity contribution in [2.45, 2.75) is 17.9 Å². The number of nitrogens with one attached hydrogen (secondary N) is 1. The fraction of sp³-hybridized carbons (Fsp3) is 0.143. The Kier molecular flexibility index (Phi) is 4.30. The number of hydrogen-bond acceptors (Lipinski definition) is 5. The predicted octanol–water partition coefficient (Wildman–Crippen LogP) is 2.60. The third-order valence-electron chi connectivity index (χ3n) is 3.13. The van der Waals surface area contributed by atoms with Gasteiger partial charge in [-0.2, -0.15) is 5.10 Å². The summed E-state index contributed by atoms with van der Waals surface area (Å²) in [5, 5.41) is 7.25. The Morgan fingerprint density at radius 1 is 1.25 bits per heavy atom. The highest BCUT2D eigenvalue weighted by Gasteiger charge is 2.20. The van der Waals surface area contributed by atoms with Crippen molar-refractivity contribution < 1.29 is 21.7 Å². The van der Waals surface area contributed by atoms with Crippen LogP contribution >= 0.6 is 0 Å². The summed E-state index contributed by atoms with van der Waals surface area (Å²) in [7, 11) is -3.95. The van der Waals surface area contributed by atoms with Crippen molar-refractivity contribution in [2.24, 2.45) is 0 Å². The maximum Gasteiger partial charge on any atom is 0.262 e. The van der Waals surface area contributed by atoms with E-state index >= 15 is 0 Å². The number of rotatable bonds is 6. The van der Waals surface area contributed by atoms with Crippen LogP contribution in [-0.4, -0.2) is 29.8 Å². The highest BCUT2D eigenvalue weighted by atomic mass is 32.2. The second-order valence-electron chi connectivity index (χ2n) is 4.86. The lowest BCUT2D eigenvalue weighted by Crippen LogP contribution is -2.13. The molecule has 3 rings (SSSR count). The molecule has 0 amide bonds. The van der Waals surface area contributed by atoms with Crippen molar-refractivity contribution in [3.8, 4) is 11.1 Å². The Morgan fingerprint density at radius 3 is 2.75 bits per heavy atom. The topological polar surface area (TPSA) is 90.0 Å². The minimum Gasteiger partial charge on any atom is -0.364 e. The molecule has 2 heterocycles. The maximum absolute atomic E-state index is 12.6. The Hall–Kier alpha value is -2.75. The highest BCUT2D eigenvalue weighted by molar-refractivity contribution is 7.92. The monoisotopic (exact) mass is 354 g/mol. The van der Waals surface area contributed by atoms with Gasteiger partial charge in [-0.15, -0.1) is 0 Å². The van der Waals surface area contributed by atoms with Crippen molar-refractivity contribution in [1.82, 2.24) is 14.9 Å². The maximum atomic E-state index is 12.6. The van der Waals surface area contributed by atoms with Gasteiger partial charge in [0.1, 0.15) is 12.8 Å². The number of sulfonamides is 1. The van der Waals surface area contributed by atoms with Gasteiger partial charge in [-0.05, 0) is 6.07 Å². The van der Waals surface area contributed by atoms with Crippen LogP contribution in [-0.2, 0) is 16.6 Å². The zero-order valence-corrected chi connectivity index (χ0v) is 13.0. The summed E-state index contributed by atoms with van der Waals surface area (Å²) < 4.78 is 57.9. The van der Waals surface area contributed by atoms with Gasteiger partial charge in [0, 0.05) is 17.3 Å². The van der Waals surface area contributed by atoms with Crippen LogP contribution in [0.25, 0.3) is 11.1 Å². The largest absolute Gasteiger partial charge is 0.364 e. The van der Waals surface area contributed by atoms with Gasteiger partial charge in [0.15, 0.2) is 0 Å². The summed E-state index contributed by atoms with van der Waals surface area (Å²) in [5.74, 6) is 0. The Balaban J connectivity index is 1.90. The molecule has 3 aromatic rings. The SMILES string of the molecule is O=S(=O)(Nc1cnn(CC(F)F)c1)c1ccccc1-c1cnoc1. The van der Waals surface area contributed by atoms with Gasteiger partial charge in [0.2, 0.25) is 0 Å². The number of nitrogens with zero attached hydrogens (tertiary/aromatic N) is 3. The van der Waals surface area contributed by atoms with Crippen LogP contribution in [0, 0.1) is 0 Å². The third-order valence-corrected chi connectivity index (χ3v) is 4.57. The van der Waals surface area contributed by atoms with Gasteiger partial charge in [0.05, 0.1) is 23.0 Å². The Bertz CT molecular complexity index is 923. The van der Waals surface area contributed by atoms with Crippen molar-refractivity contribution in [2.75, 3.05) is 4.72 Å². The van der Waals surface area contributed by atoms with Crippen LogP contribution in [0.3, 0.4) is 0 Å². The molecule has 10 heteroatoms. The predicted molar refractivity (Wildman–Crippen MR) is 81.0 cm³/mol. The van der Waals surface area contributed by atoms with E-state index in [-0.39, 0.29) is 10.6 Å². The Morgan fingerprint density at radius 2 is 2.04 bits per heavy atom. The van der Waals surface area contributed by atoms with Crippen molar-refractivity contribution in [1.29, 1.82) is 0 Å². The minimum absolute atomic E-state index is 0.00908. The summed E-state index contributed by atoms with van der Waals surface area (Å²) in [4.78, 5) is 0.00908. The number of anilines is 1. The van der Waals surface area contributed by atoms with E-state index in [9.17, 15) is 17.2 Å². The lowest BCUT2D eigenvalue weighted by molar-refractivity contribution is 0.122. The molecule has 0 aliphatic heterocycles. The lowest BCUT2D eigenvalue weighted by Gasteiger charge is -2.09. The fourth-order valence-electron chi connectivity index (χ4n) is 2.14. The number of benzene rings is 1. The van der Waals surface area contributed by atoms with Crippen LogP contribution in [0.1, 0.15) is 0 Å². The van der Waals surface area contributed by atoms with E-state index in [1.165, 1.54) is 30.9 Å². The van der Waals surface area contributed by atoms with E-state index in [1.807, 2.05) is 0 Å². The number of alkyl halides is 2. The summed E-state index contributed by atoms with van der Waals surface area (Å²) in [6, 6.07) is 6.30. The molecule has 24 heavy (non-hydrogen) atoms. The van der Waals surface area contributed by atoms with Gasteiger partial charge < -0.3 is 4.52 Å². The molecular weight excluding hydrogens is 342 g/mol. The van der Waals surface area contributed by atoms with Gasteiger partial charge in [-0.3, -0.25) is 9.40 Å². The second-order valence-corrected chi connectivity index (χ2v) is 6.51. The lowest BCUT2D eigenvalue weighted by atomic mass is 10.1. The van der Waals surface area contributed by atoms with E-state index in [1.54, 1.807) is 18.2 Å². The number of aromatic nitrogens is 3. The molecule has 1 aromatic carbocycles. The molecule has 1 N–H and O–H groups in total. The highest BCUT2D eigenvalue weighted by Crippen LogP contribution is 2.28. The first-order valence-corrected chi connectivity index (χ1v) is 8.26. The standard InChI is InChI=1S/C14H12F2N4O3S/c15-14(16)8-20-7-11(6-17-20)19-24(21,22)13-4-2-1-3-12(13)10-5-18-23-9-10/h1-7,9,14,19H,8H2. The van der Waals surface area contributed by atoms with Gasteiger partial charge in [-0.1, -0.05) is 23.4 Å². The van der Waals surface area contributed by atoms with Crippen molar-refractivity contribution in [3.05, 3.63) is 49.1 Å². The summed E-state index contributed by atoms with van der Waals surface area (Å²) in [6.45, 7) is -0.612. The zero-order chi connectivity index (χ0) is 17.2. The molecule has 0 aliphatic rings. The summed E-state index contributed by atoms with van der Waals surface area (Å²) >= 11 is 0. The quantitative estimate of drug-likeness (QED) is 0.735. The molecule has 0 aliphatic carbocycles. The van der Waals surface area contributed by atoms with Crippen LogP contribution in [0.4, 0.5) is 14.5 Å². The molecule has 126 valence electrons. The zero-order valence-electron chi connectivity index (χ0n) is 12.1. The van der Waals surface area contributed by atoms with Crippen molar-refractivity contribution in [3.63, 3.8) is 0 Å². The van der Waals surface area contributed by atoms with Crippen LogP contribution in [0.2, 0.25) is 0 Å². The number of halogens is 2. The average Bonchev–Trinajstić information content (AvgIpc) is 3.18. The van der Waals surface area contributed by atoms with Gasteiger partial charge >= 0.3 is 0 Å². The molecule has 0 bridgehead atoms. The molecule has 0 saturated carbocycles. The molecule has 0 unspecified atom stereocenters. The molecule has 7 nitrogen and oxygen atoms in total. The average molecular weight is 354 g/mol. The molecular formula is C14H12F2N4O3S. The van der Waals surface area contributed by atoms with Crippen LogP contribution in [0.5, 0.6) is 0 Å².